The van der Waals surface area contributed by atoms with Gasteiger partial charge in [0.15, 0.2) is 0 Å². The monoisotopic (exact) mass is 329 g/mol. The van der Waals surface area contributed by atoms with E-state index in [1.54, 1.807) is 6.07 Å². The number of aromatic hydroxyl groups is 1. The van der Waals surface area contributed by atoms with E-state index in [2.05, 4.69) is 20.0 Å². The lowest BCUT2D eigenvalue weighted by Gasteiger charge is -2.04. The highest BCUT2D eigenvalue weighted by Gasteiger charge is 2.05. The maximum atomic E-state index is 10.1. The Hall–Kier alpha value is -3.67. The molecule has 0 bridgehead atoms. The highest BCUT2D eigenvalue weighted by atomic mass is 16.3. The molecule has 4 aromatic rings. The van der Waals surface area contributed by atoms with Crippen LogP contribution in [0.15, 0.2) is 70.6 Å². The summed E-state index contributed by atoms with van der Waals surface area (Å²) >= 11 is 0. The zero-order chi connectivity index (χ0) is 17.2. The summed E-state index contributed by atoms with van der Waals surface area (Å²) in [5, 5.41) is 12.0. The molecule has 122 valence electrons. The molecule has 3 aromatic carbocycles. The van der Waals surface area contributed by atoms with Gasteiger partial charge in [-0.15, -0.1) is 0 Å². The predicted molar refractivity (Wildman–Crippen MR) is 101 cm³/mol. The number of hydrogen-bond donors (Lipinski definition) is 3. The van der Waals surface area contributed by atoms with Gasteiger partial charge in [0.25, 0.3) is 0 Å². The fourth-order valence-electron chi connectivity index (χ4n) is 2.68. The lowest BCUT2D eigenvalue weighted by molar-refractivity contribution is 0.475. The SMILES string of the molecule is NC(/N=C/c1c(O)ccc2ccccc12)=N\c1nc2ccccc2[nH]1. The van der Waals surface area contributed by atoms with Gasteiger partial charge in [0.2, 0.25) is 11.9 Å². The minimum Gasteiger partial charge on any atom is -0.507 e. The largest absolute Gasteiger partial charge is 0.507 e. The number of nitrogens with one attached hydrogen (secondary N) is 1. The van der Waals surface area contributed by atoms with Gasteiger partial charge < -0.3 is 15.8 Å². The molecule has 4 rings (SSSR count). The summed E-state index contributed by atoms with van der Waals surface area (Å²) in [6.07, 6.45) is 1.51. The Kier molecular flexibility index (Phi) is 3.63. The van der Waals surface area contributed by atoms with E-state index in [0.717, 1.165) is 21.8 Å². The lowest BCUT2D eigenvalue weighted by Crippen LogP contribution is -2.08. The Bertz CT molecular complexity index is 1090. The van der Waals surface area contributed by atoms with Crippen LogP contribution in [-0.2, 0) is 0 Å². The molecule has 0 amide bonds. The van der Waals surface area contributed by atoms with Crippen molar-refractivity contribution in [2.24, 2.45) is 15.7 Å². The molecule has 0 aliphatic heterocycles. The number of fused-ring (bicyclic) bond motifs is 2. The standard InChI is InChI=1S/C19H15N5O/c20-18(24-19-22-15-7-3-4-8-16(15)23-19)21-11-14-13-6-2-1-5-12(13)9-10-17(14)25/h1-11,25H,(H3,20,22,23,24)/b21-11+. The van der Waals surface area contributed by atoms with Crippen LogP contribution in [0.2, 0.25) is 0 Å². The van der Waals surface area contributed by atoms with Crippen molar-refractivity contribution < 1.29 is 5.11 Å². The average Bonchev–Trinajstić information content (AvgIpc) is 3.03. The second-order valence-electron chi connectivity index (χ2n) is 5.53. The van der Waals surface area contributed by atoms with E-state index < -0.39 is 0 Å². The number of phenolic OH excluding ortho intramolecular Hbond substituents is 1. The van der Waals surface area contributed by atoms with Crippen molar-refractivity contribution in [3.05, 3.63) is 66.2 Å². The van der Waals surface area contributed by atoms with E-state index >= 15 is 0 Å². The third-order valence-electron chi connectivity index (χ3n) is 3.87. The van der Waals surface area contributed by atoms with Gasteiger partial charge in [-0.05, 0) is 29.0 Å². The molecular weight excluding hydrogens is 314 g/mol. The summed E-state index contributed by atoms with van der Waals surface area (Å²) < 4.78 is 0. The van der Waals surface area contributed by atoms with E-state index in [9.17, 15) is 5.11 Å². The van der Waals surface area contributed by atoms with Gasteiger partial charge >= 0.3 is 0 Å². The molecule has 0 spiro atoms. The molecule has 0 atom stereocenters. The minimum absolute atomic E-state index is 0.0476. The molecule has 1 heterocycles. The molecule has 25 heavy (non-hydrogen) atoms. The van der Waals surface area contributed by atoms with Crippen molar-refractivity contribution in [3.8, 4) is 5.75 Å². The van der Waals surface area contributed by atoms with E-state index in [4.69, 9.17) is 5.73 Å². The molecular formula is C19H15N5O. The zero-order valence-electron chi connectivity index (χ0n) is 13.2. The van der Waals surface area contributed by atoms with Crippen molar-refractivity contribution in [1.29, 1.82) is 0 Å². The van der Waals surface area contributed by atoms with Crippen LogP contribution in [0.1, 0.15) is 5.56 Å². The maximum absolute atomic E-state index is 10.1. The second-order valence-corrected chi connectivity index (χ2v) is 5.53. The Balaban J connectivity index is 1.68. The van der Waals surface area contributed by atoms with E-state index in [1.165, 1.54) is 6.21 Å². The van der Waals surface area contributed by atoms with Crippen LogP contribution in [0.4, 0.5) is 5.95 Å². The van der Waals surface area contributed by atoms with Crippen molar-refractivity contribution in [2.45, 2.75) is 0 Å². The first kappa shape index (κ1) is 14.9. The number of aromatic amines is 1. The van der Waals surface area contributed by atoms with Crippen LogP contribution in [-0.4, -0.2) is 27.2 Å². The average molecular weight is 329 g/mol. The van der Waals surface area contributed by atoms with E-state index in [1.807, 2.05) is 54.6 Å². The Labute approximate surface area is 143 Å². The van der Waals surface area contributed by atoms with Gasteiger partial charge in [0.05, 0.1) is 11.0 Å². The third-order valence-corrected chi connectivity index (χ3v) is 3.87. The van der Waals surface area contributed by atoms with Crippen LogP contribution >= 0.6 is 0 Å². The zero-order valence-corrected chi connectivity index (χ0v) is 13.2. The fraction of sp³-hybridized carbons (Fsp3) is 0. The number of H-pyrrole nitrogens is 1. The van der Waals surface area contributed by atoms with Crippen molar-refractivity contribution in [2.75, 3.05) is 0 Å². The van der Waals surface area contributed by atoms with Crippen LogP contribution in [0, 0.1) is 0 Å². The van der Waals surface area contributed by atoms with E-state index in [-0.39, 0.29) is 11.7 Å². The summed E-state index contributed by atoms with van der Waals surface area (Å²) in [6.45, 7) is 0. The molecule has 0 saturated carbocycles. The first-order chi connectivity index (χ1) is 12.2. The highest BCUT2D eigenvalue weighted by molar-refractivity contribution is 6.05. The number of aliphatic imine (C=N–C) groups is 2. The number of nitrogens with two attached hydrogens (primary N) is 1. The van der Waals surface area contributed by atoms with Gasteiger partial charge in [-0.1, -0.05) is 42.5 Å². The Morgan fingerprint density at radius 1 is 1.04 bits per heavy atom. The summed E-state index contributed by atoms with van der Waals surface area (Å²) in [4.78, 5) is 15.7. The van der Waals surface area contributed by atoms with Crippen molar-refractivity contribution in [3.63, 3.8) is 0 Å². The minimum atomic E-state index is 0.0476. The summed E-state index contributed by atoms with van der Waals surface area (Å²) in [5.41, 5.74) is 8.17. The molecule has 4 N–H and O–H groups in total. The number of guanidine groups is 1. The van der Waals surface area contributed by atoms with Gasteiger partial charge in [-0.25, -0.2) is 9.98 Å². The smallest absolute Gasteiger partial charge is 0.231 e. The topological polar surface area (TPSA) is 99.7 Å². The lowest BCUT2D eigenvalue weighted by atomic mass is 10.0. The number of rotatable bonds is 2. The first-order valence-corrected chi connectivity index (χ1v) is 7.74. The van der Waals surface area contributed by atoms with Crippen LogP contribution in [0.3, 0.4) is 0 Å². The van der Waals surface area contributed by atoms with Gasteiger partial charge in [0.1, 0.15) is 5.75 Å². The molecule has 0 radical (unpaired) electrons. The number of para-hydroxylation sites is 2. The molecule has 1 aromatic heterocycles. The number of benzene rings is 3. The van der Waals surface area contributed by atoms with E-state index in [0.29, 0.717) is 11.5 Å². The van der Waals surface area contributed by atoms with Gasteiger partial charge in [-0.2, -0.15) is 4.99 Å². The quantitative estimate of drug-likeness (QED) is 0.388. The third kappa shape index (κ3) is 2.92. The van der Waals surface area contributed by atoms with Crippen LogP contribution in [0.5, 0.6) is 5.75 Å². The number of nitrogens with zero attached hydrogens (tertiary/aromatic N) is 3. The molecule has 0 unspecified atom stereocenters. The summed E-state index contributed by atoms with van der Waals surface area (Å²) in [7, 11) is 0. The van der Waals surface area contributed by atoms with Crippen LogP contribution < -0.4 is 5.73 Å². The second kappa shape index (κ2) is 6.09. The normalized spacial score (nSPS) is 12.4. The molecule has 6 heteroatoms. The summed E-state index contributed by atoms with van der Waals surface area (Å²) in [5.74, 6) is 0.573. The highest BCUT2D eigenvalue weighted by Crippen LogP contribution is 2.25. The molecule has 6 nitrogen and oxygen atoms in total. The number of imidazole rings is 1. The number of phenols is 1. The van der Waals surface area contributed by atoms with Crippen molar-refractivity contribution in [1.82, 2.24) is 9.97 Å². The molecule has 0 aliphatic rings. The Morgan fingerprint density at radius 3 is 2.72 bits per heavy atom. The molecule has 0 fully saturated rings. The fourth-order valence-corrected chi connectivity index (χ4v) is 2.68. The number of hydrogen-bond acceptors (Lipinski definition) is 3. The van der Waals surface area contributed by atoms with Crippen molar-refractivity contribution >= 4 is 39.9 Å². The van der Waals surface area contributed by atoms with Gasteiger partial charge in [-0.3, -0.25) is 0 Å². The predicted octanol–water partition coefficient (Wildman–Crippen LogP) is 3.49. The first-order valence-electron chi connectivity index (χ1n) is 7.74. The summed E-state index contributed by atoms with van der Waals surface area (Å²) in [6, 6.07) is 18.8. The molecule has 0 aliphatic carbocycles. The molecule has 0 saturated heterocycles. The van der Waals surface area contributed by atoms with Crippen LogP contribution in [0.25, 0.3) is 21.8 Å². The Morgan fingerprint density at radius 2 is 1.84 bits per heavy atom. The van der Waals surface area contributed by atoms with Gasteiger partial charge in [0, 0.05) is 11.8 Å². The maximum Gasteiger partial charge on any atom is 0.231 e. The number of aromatic nitrogens is 2.